The van der Waals surface area contributed by atoms with Crippen LogP contribution in [0.1, 0.15) is 73.7 Å². The van der Waals surface area contributed by atoms with Crippen LogP contribution in [0.4, 0.5) is 4.39 Å². The molecule has 0 bridgehead atoms. The maximum Gasteiger partial charge on any atom is 0.340 e. The summed E-state index contributed by atoms with van der Waals surface area (Å²) in [5.41, 5.74) is 1.33. The molecule has 2 aromatic carbocycles. The summed E-state index contributed by atoms with van der Waals surface area (Å²) in [6.45, 7) is 2.33. The van der Waals surface area contributed by atoms with Gasteiger partial charge in [0.05, 0.1) is 12.7 Å². The first kappa shape index (κ1) is 18.5. The van der Waals surface area contributed by atoms with Crippen LogP contribution in [0.2, 0.25) is 0 Å². The predicted octanol–water partition coefficient (Wildman–Crippen LogP) is 6.48. The van der Waals surface area contributed by atoms with E-state index in [4.69, 9.17) is 0 Å². The highest BCUT2D eigenvalue weighted by Crippen LogP contribution is 2.48. The van der Waals surface area contributed by atoms with Crippen molar-refractivity contribution < 1.29 is 13.9 Å². The van der Waals surface area contributed by atoms with Gasteiger partial charge >= 0.3 is 5.97 Å². The van der Waals surface area contributed by atoms with Gasteiger partial charge in [-0.1, -0.05) is 38.0 Å². The van der Waals surface area contributed by atoms with Crippen molar-refractivity contribution in [2.24, 2.45) is 17.8 Å². The van der Waals surface area contributed by atoms with E-state index in [0.29, 0.717) is 5.92 Å². The van der Waals surface area contributed by atoms with Gasteiger partial charge in [0.2, 0.25) is 0 Å². The number of esters is 1. The molecule has 4 atom stereocenters. The van der Waals surface area contributed by atoms with Crippen molar-refractivity contribution in [3.63, 3.8) is 0 Å². The number of fused-ring (bicyclic) bond motifs is 2. The van der Waals surface area contributed by atoms with E-state index in [-0.39, 0.29) is 5.56 Å². The van der Waals surface area contributed by atoms with Gasteiger partial charge in [-0.05, 0) is 84.2 Å². The summed E-state index contributed by atoms with van der Waals surface area (Å²) in [6, 6.07) is 9.40. The quantitative estimate of drug-likeness (QED) is 0.580. The van der Waals surface area contributed by atoms with Crippen LogP contribution in [-0.4, -0.2) is 13.1 Å². The lowest BCUT2D eigenvalue weighted by Gasteiger charge is -2.42. The lowest BCUT2D eigenvalue weighted by Crippen LogP contribution is -2.30. The number of carbonyl (C=O) groups excluding carboxylic acids is 1. The van der Waals surface area contributed by atoms with Crippen LogP contribution in [0.25, 0.3) is 10.8 Å². The number of hydrogen-bond donors (Lipinski definition) is 0. The monoisotopic (exact) mass is 368 g/mol. The third kappa shape index (κ3) is 3.61. The van der Waals surface area contributed by atoms with Crippen molar-refractivity contribution in [3.05, 3.63) is 47.3 Å². The van der Waals surface area contributed by atoms with Gasteiger partial charge in [0.15, 0.2) is 0 Å². The first-order valence-corrected chi connectivity index (χ1v) is 10.4. The van der Waals surface area contributed by atoms with Crippen molar-refractivity contribution >= 4 is 16.7 Å². The standard InChI is InChI=1S/C24H29FO2/c1-3-15-4-5-17-11-18(7-6-16(17)10-15)19-8-9-20-13-22(24(26)27-2)23(25)14-21(20)12-19/h8-9,12-18H,3-7,10-11H2,1-2H3/t15?,16-,17+,18?/m0/s1. The smallest absolute Gasteiger partial charge is 0.340 e. The summed E-state index contributed by atoms with van der Waals surface area (Å²) in [7, 11) is 1.28. The van der Waals surface area contributed by atoms with Gasteiger partial charge in [0.1, 0.15) is 5.82 Å². The molecule has 0 aromatic heterocycles. The van der Waals surface area contributed by atoms with Gasteiger partial charge < -0.3 is 4.74 Å². The van der Waals surface area contributed by atoms with Crippen LogP contribution >= 0.6 is 0 Å². The Morgan fingerprint density at radius 2 is 1.81 bits per heavy atom. The van der Waals surface area contributed by atoms with Crippen molar-refractivity contribution in [1.29, 1.82) is 0 Å². The molecule has 2 aromatic rings. The highest BCUT2D eigenvalue weighted by molar-refractivity contribution is 5.95. The Kier molecular flexibility index (Phi) is 5.21. The van der Waals surface area contributed by atoms with Crippen LogP contribution in [0.5, 0.6) is 0 Å². The van der Waals surface area contributed by atoms with E-state index in [1.54, 1.807) is 6.07 Å². The average molecular weight is 368 g/mol. The molecule has 0 N–H and O–H groups in total. The van der Waals surface area contributed by atoms with Crippen LogP contribution in [0, 0.1) is 23.6 Å². The Morgan fingerprint density at radius 1 is 1.04 bits per heavy atom. The molecule has 2 aliphatic rings. The van der Waals surface area contributed by atoms with Crippen molar-refractivity contribution in [3.8, 4) is 0 Å². The SMILES string of the molecule is CCC1CC[C@@H]2CC(c3ccc4cc(C(=O)OC)c(F)cc4c3)CC[C@H]2C1. The Balaban J connectivity index is 1.55. The number of ether oxygens (including phenoxy) is 1. The Labute approximate surface area is 161 Å². The number of methoxy groups -OCH3 is 1. The summed E-state index contributed by atoms with van der Waals surface area (Å²) in [5.74, 6) is 2.17. The zero-order valence-electron chi connectivity index (χ0n) is 16.3. The molecule has 2 unspecified atom stereocenters. The molecule has 144 valence electrons. The number of rotatable bonds is 3. The average Bonchev–Trinajstić information content (AvgIpc) is 2.71. The van der Waals surface area contributed by atoms with Gasteiger partial charge in [-0.15, -0.1) is 0 Å². The summed E-state index contributed by atoms with van der Waals surface area (Å²) in [4.78, 5) is 11.7. The van der Waals surface area contributed by atoms with E-state index >= 15 is 0 Å². The second kappa shape index (κ2) is 7.61. The second-order valence-corrected chi connectivity index (χ2v) is 8.55. The molecule has 0 radical (unpaired) electrons. The predicted molar refractivity (Wildman–Crippen MR) is 106 cm³/mol. The summed E-state index contributed by atoms with van der Waals surface area (Å²) >= 11 is 0. The van der Waals surface area contributed by atoms with E-state index in [9.17, 15) is 9.18 Å². The number of halogens is 1. The van der Waals surface area contributed by atoms with E-state index < -0.39 is 11.8 Å². The van der Waals surface area contributed by atoms with Crippen molar-refractivity contribution in [2.45, 2.75) is 57.8 Å². The molecule has 0 amide bonds. The maximum absolute atomic E-state index is 14.3. The largest absolute Gasteiger partial charge is 0.465 e. The van der Waals surface area contributed by atoms with Gasteiger partial charge in [-0.25, -0.2) is 9.18 Å². The molecule has 27 heavy (non-hydrogen) atoms. The molecule has 2 nitrogen and oxygen atoms in total. The normalized spacial score (nSPS) is 28.0. The molecule has 2 aliphatic carbocycles. The van der Waals surface area contributed by atoms with E-state index in [1.165, 1.54) is 63.7 Å². The minimum Gasteiger partial charge on any atom is -0.465 e. The molecule has 0 heterocycles. The van der Waals surface area contributed by atoms with Crippen LogP contribution < -0.4 is 0 Å². The van der Waals surface area contributed by atoms with Crippen molar-refractivity contribution in [1.82, 2.24) is 0 Å². The van der Waals surface area contributed by atoms with Gasteiger partial charge in [0, 0.05) is 0 Å². The second-order valence-electron chi connectivity index (χ2n) is 8.55. The highest BCUT2D eigenvalue weighted by atomic mass is 19.1. The van der Waals surface area contributed by atoms with E-state index in [0.717, 1.165) is 28.5 Å². The molecule has 0 spiro atoms. The number of hydrogen-bond acceptors (Lipinski definition) is 2. The molecule has 2 fully saturated rings. The fourth-order valence-corrected chi connectivity index (χ4v) is 5.47. The topological polar surface area (TPSA) is 26.3 Å². The molecular weight excluding hydrogens is 339 g/mol. The molecule has 0 saturated heterocycles. The van der Waals surface area contributed by atoms with E-state index in [1.807, 2.05) is 6.07 Å². The minimum atomic E-state index is -0.625. The Bertz CT molecular complexity index is 844. The first-order chi connectivity index (χ1) is 13.1. The van der Waals surface area contributed by atoms with Crippen LogP contribution in [0.3, 0.4) is 0 Å². The Hall–Kier alpha value is -1.90. The maximum atomic E-state index is 14.3. The summed E-state index contributed by atoms with van der Waals surface area (Å²) in [5, 5.41) is 1.76. The number of benzene rings is 2. The fourth-order valence-electron chi connectivity index (χ4n) is 5.47. The third-order valence-electron chi connectivity index (χ3n) is 7.13. The Morgan fingerprint density at radius 3 is 2.59 bits per heavy atom. The zero-order valence-corrected chi connectivity index (χ0v) is 16.3. The van der Waals surface area contributed by atoms with E-state index in [2.05, 4.69) is 23.8 Å². The fraction of sp³-hybridized carbons (Fsp3) is 0.542. The minimum absolute atomic E-state index is 0.00550. The third-order valence-corrected chi connectivity index (χ3v) is 7.13. The molecule has 2 saturated carbocycles. The lowest BCUT2D eigenvalue weighted by molar-refractivity contribution is 0.0595. The van der Waals surface area contributed by atoms with Gasteiger partial charge in [-0.2, -0.15) is 0 Å². The van der Waals surface area contributed by atoms with Crippen LogP contribution in [0.15, 0.2) is 30.3 Å². The lowest BCUT2D eigenvalue weighted by atomic mass is 9.63. The molecule has 4 rings (SSSR count). The van der Waals surface area contributed by atoms with Gasteiger partial charge in [0.25, 0.3) is 0 Å². The molecule has 3 heteroatoms. The van der Waals surface area contributed by atoms with Crippen molar-refractivity contribution in [2.75, 3.05) is 7.11 Å². The highest BCUT2D eigenvalue weighted by Gasteiger charge is 2.35. The molecular formula is C24H29FO2. The zero-order chi connectivity index (χ0) is 19.0. The van der Waals surface area contributed by atoms with Crippen LogP contribution in [-0.2, 0) is 4.74 Å². The number of carbonyl (C=O) groups is 1. The molecule has 0 aliphatic heterocycles. The summed E-state index contributed by atoms with van der Waals surface area (Å²) < 4.78 is 19.0. The summed E-state index contributed by atoms with van der Waals surface area (Å²) in [6.07, 6.45) is 9.37. The first-order valence-electron chi connectivity index (χ1n) is 10.4. The van der Waals surface area contributed by atoms with Gasteiger partial charge in [-0.3, -0.25) is 0 Å².